The topological polar surface area (TPSA) is 184 Å². The molecule has 0 atom stereocenters. The monoisotopic (exact) mass is 1030 g/mol. The van der Waals surface area contributed by atoms with Crippen molar-refractivity contribution in [3.63, 3.8) is 0 Å². The molecule has 4 aromatic rings. The first-order valence-electron chi connectivity index (χ1n) is 25.2. The van der Waals surface area contributed by atoms with Crippen LogP contribution in [0.5, 0.6) is 0 Å². The van der Waals surface area contributed by atoms with Crippen LogP contribution in [0.1, 0.15) is 120 Å². The molecule has 2 saturated carbocycles. The van der Waals surface area contributed by atoms with Crippen LogP contribution in [0.15, 0.2) is 112 Å². The van der Waals surface area contributed by atoms with Crippen molar-refractivity contribution in [3.05, 3.63) is 119 Å². The molecule has 5 aliphatic rings. The van der Waals surface area contributed by atoms with E-state index in [0.717, 1.165) is 62.7 Å². The van der Waals surface area contributed by atoms with Crippen LogP contribution in [0.2, 0.25) is 0 Å². The van der Waals surface area contributed by atoms with Gasteiger partial charge in [-0.15, -0.1) is 0 Å². The van der Waals surface area contributed by atoms with E-state index in [2.05, 4.69) is 26.3 Å². The van der Waals surface area contributed by atoms with Crippen molar-refractivity contribution in [2.24, 2.45) is 0 Å². The molecule has 71 heavy (non-hydrogen) atoms. The van der Waals surface area contributed by atoms with Gasteiger partial charge in [0, 0.05) is 78.6 Å². The van der Waals surface area contributed by atoms with Crippen molar-refractivity contribution in [1.29, 1.82) is 0 Å². The molecular weight excluding hydrogens is 961 g/mol. The molecule has 18 heteroatoms. The first-order chi connectivity index (χ1) is 34.3. The number of nitrogens with zero attached hydrogens (tertiary/aromatic N) is 3. The van der Waals surface area contributed by atoms with Gasteiger partial charge in [0.15, 0.2) is 0 Å². The van der Waals surface area contributed by atoms with Crippen molar-refractivity contribution in [2.75, 3.05) is 71.0 Å². The van der Waals surface area contributed by atoms with Gasteiger partial charge in [0.1, 0.15) is 0 Å². The summed E-state index contributed by atoms with van der Waals surface area (Å²) in [7, 11) is -7.20. The SMILES string of the molecule is Cc1ccc(NC(=O)c2cccc(S(=O)(=O)N3CCOCC3)c2)cc1.O=C(NC1CCCCC1)c1cccc(S(=O)(=O)N2CCOCC2)c1.O=C(NC1CCCCC1)c1cccc(SN2CCCCC2)c1. The third kappa shape index (κ3) is 16.2. The van der Waals surface area contributed by atoms with Crippen LogP contribution >= 0.6 is 11.9 Å². The number of amides is 3. The van der Waals surface area contributed by atoms with Crippen LogP contribution < -0.4 is 16.0 Å². The lowest BCUT2D eigenvalue weighted by molar-refractivity contribution is 0.0730. The molecule has 9 rings (SSSR count). The van der Waals surface area contributed by atoms with Crippen LogP contribution in [-0.2, 0) is 29.5 Å². The van der Waals surface area contributed by atoms with Crippen LogP contribution in [-0.4, -0.2) is 125 Å². The van der Waals surface area contributed by atoms with E-state index in [1.54, 1.807) is 42.3 Å². The second kappa shape index (κ2) is 26.9. The van der Waals surface area contributed by atoms with E-state index in [0.29, 0.717) is 75.5 Å². The lowest BCUT2D eigenvalue weighted by Gasteiger charge is -2.26. The average Bonchev–Trinajstić information content (AvgIpc) is 3.41. The second-order valence-electron chi connectivity index (χ2n) is 18.6. The van der Waals surface area contributed by atoms with Crippen LogP contribution in [0.3, 0.4) is 0 Å². The van der Waals surface area contributed by atoms with E-state index in [-0.39, 0.29) is 33.6 Å². The quantitative estimate of drug-likeness (QED) is 0.116. The summed E-state index contributed by atoms with van der Waals surface area (Å²) < 4.78 is 66.4. The van der Waals surface area contributed by atoms with Gasteiger partial charge < -0.3 is 25.4 Å². The van der Waals surface area contributed by atoms with E-state index in [4.69, 9.17) is 9.47 Å². The highest BCUT2D eigenvalue weighted by Crippen LogP contribution is 2.28. The van der Waals surface area contributed by atoms with Crippen molar-refractivity contribution in [2.45, 2.75) is 117 Å². The molecule has 3 saturated heterocycles. The highest BCUT2D eigenvalue weighted by atomic mass is 32.2. The third-order valence-corrected chi connectivity index (χ3v) is 18.1. The molecule has 2 aliphatic carbocycles. The highest BCUT2D eigenvalue weighted by Gasteiger charge is 2.29. The molecule has 0 bridgehead atoms. The molecule has 4 aromatic carbocycles. The lowest BCUT2D eigenvalue weighted by atomic mass is 9.95. The number of sulfonamides is 2. The minimum Gasteiger partial charge on any atom is -0.379 e. The maximum absolute atomic E-state index is 12.7. The average molecular weight is 1030 g/mol. The van der Waals surface area contributed by atoms with E-state index in [1.165, 1.54) is 76.7 Å². The molecule has 3 heterocycles. The van der Waals surface area contributed by atoms with Crippen LogP contribution in [0.4, 0.5) is 5.69 Å². The smallest absolute Gasteiger partial charge is 0.255 e. The summed E-state index contributed by atoms with van der Waals surface area (Å²) in [6.45, 7) is 7.19. The van der Waals surface area contributed by atoms with Gasteiger partial charge in [-0.05, 0) is 124 Å². The van der Waals surface area contributed by atoms with Gasteiger partial charge in [0.25, 0.3) is 17.7 Å². The zero-order chi connectivity index (χ0) is 50.1. The number of nitrogens with one attached hydrogen (secondary N) is 3. The fourth-order valence-corrected chi connectivity index (χ4v) is 13.1. The Morgan fingerprint density at radius 2 is 0.930 bits per heavy atom. The van der Waals surface area contributed by atoms with Crippen molar-refractivity contribution in [1.82, 2.24) is 23.5 Å². The van der Waals surface area contributed by atoms with Crippen LogP contribution in [0, 0.1) is 6.92 Å². The molecule has 15 nitrogen and oxygen atoms in total. The predicted octanol–water partition coefficient (Wildman–Crippen LogP) is 8.28. The fourth-order valence-electron chi connectivity index (χ4n) is 9.14. The van der Waals surface area contributed by atoms with E-state index in [1.807, 2.05) is 49.4 Å². The minimum atomic E-state index is -3.62. The Bertz CT molecular complexity index is 2590. The number of hydrogen-bond donors (Lipinski definition) is 3. The number of morpholine rings is 2. The van der Waals surface area contributed by atoms with Crippen LogP contribution in [0.25, 0.3) is 0 Å². The van der Waals surface area contributed by atoms with E-state index >= 15 is 0 Å². The van der Waals surface area contributed by atoms with E-state index < -0.39 is 20.0 Å². The number of hydrogen-bond acceptors (Lipinski definition) is 11. The number of carbonyl (C=O) groups excluding carboxylic acids is 3. The lowest BCUT2D eigenvalue weighted by Crippen LogP contribution is -2.40. The maximum atomic E-state index is 12.7. The number of piperidine rings is 1. The first-order valence-corrected chi connectivity index (χ1v) is 28.9. The number of benzene rings is 4. The van der Waals surface area contributed by atoms with Gasteiger partial charge in [0.05, 0.1) is 36.2 Å². The molecule has 0 aromatic heterocycles. The summed E-state index contributed by atoms with van der Waals surface area (Å²) in [5, 5.41) is 9.01. The minimum absolute atomic E-state index is 0.0907. The van der Waals surface area contributed by atoms with Gasteiger partial charge in [-0.1, -0.05) is 80.8 Å². The summed E-state index contributed by atoms with van der Waals surface area (Å²) >= 11 is 1.80. The molecule has 5 fully saturated rings. The zero-order valence-corrected chi connectivity index (χ0v) is 43.3. The molecule has 3 aliphatic heterocycles. The Hall–Kier alpha value is -4.66. The maximum Gasteiger partial charge on any atom is 0.255 e. The molecular formula is C53H70N6O9S3. The van der Waals surface area contributed by atoms with E-state index in [9.17, 15) is 31.2 Å². The molecule has 3 N–H and O–H groups in total. The van der Waals surface area contributed by atoms with Gasteiger partial charge in [0.2, 0.25) is 20.0 Å². The largest absolute Gasteiger partial charge is 0.379 e. The molecule has 3 amide bonds. The summed E-state index contributed by atoms with van der Waals surface area (Å²) in [5.41, 5.74) is 3.26. The Kier molecular flexibility index (Phi) is 20.5. The zero-order valence-electron chi connectivity index (χ0n) is 40.9. The summed E-state index contributed by atoms with van der Waals surface area (Å²) in [6.07, 6.45) is 15.5. The molecule has 0 spiro atoms. The predicted molar refractivity (Wildman–Crippen MR) is 278 cm³/mol. The second-order valence-corrected chi connectivity index (χ2v) is 23.7. The first kappa shape index (κ1) is 54.1. The number of aryl methyl sites for hydroxylation is 1. The number of ether oxygens (including phenoxy) is 2. The summed E-state index contributed by atoms with van der Waals surface area (Å²) in [5.74, 6) is -0.447. The van der Waals surface area contributed by atoms with Gasteiger partial charge in [-0.2, -0.15) is 8.61 Å². The Morgan fingerprint density at radius 3 is 1.41 bits per heavy atom. The van der Waals surface area contributed by atoms with Crippen molar-refractivity contribution >= 4 is 55.4 Å². The number of anilines is 1. The fraction of sp³-hybridized carbons (Fsp3) is 0.491. The van der Waals surface area contributed by atoms with Crippen molar-refractivity contribution in [3.8, 4) is 0 Å². The highest BCUT2D eigenvalue weighted by molar-refractivity contribution is 7.97. The Labute approximate surface area is 425 Å². The normalized spacial score (nSPS) is 18.9. The summed E-state index contributed by atoms with van der Waals surface area (Å²) in [6, 6.07) is 28.5. The van der Waals surface area contributed by atoms with Gasteiger partial charge in [-0.25, -0.2) is 21.1 Å². The summed E-state index contributed by atoms with van der Waals surface area (Å²) in [4.78, 5) is 38.7. The van der Waals surface area contributed by atoms with Gasteiger partial charge >= 0.3 is 0 Å². The van der Waals surface area contributed by atoms with Crippen molar-refractivity contribution < 1.29 is 40.7 Å². The Balaban J connectivity index is 0.000000157. The Morgan fingerprint density at radius 1 is 0.507 bits per heavy atom. The molecule has 0 radical (unpaired) electrons. The number of rotatable bonds is 12. The molecule has 384 valence electrons. The number of carbonyl (C=O) groups is 3. The standard InChI is InChI=1S/C18H20N2O4S.C18H26N2OS.C17H24N2O4S/c1-14-5-7-16(8-6-14)19-18(21)15-3-2-4-17(13-15)25(22,23)20-9-11-24-12-10-20;21-18(19-16-9-3-1-4-10-16)15-8-7-11-17(14-15)22-20-12-5-2-6-13-20;20-17(18-15-6-2-1-3-7-15)14-5-4-8-16(13-14)24(21,22)19-9-11-23-12-10-19/h2-8,13H,9-12H2,1H3,(H,19,21);7-8,11,14,16H,1-6,9-10,12-13H2,(H,19,21);4-5,8,13,15H,1-3,6-7,9-12H2,(H,18,20). The molecule has 0 unspecified atom stereocenters. The van der Waals surface area contributed by atoms with Gasteiger partial charge in [-0.3, -0.25) is 14.4 Å². The third-order valence-electron chi connectivity index (χ3n) is 13.2.